The molecule has 0 N–H and O–H groups in total. The number of nitrogens with zero attached hydrogens (tertiary/aromatic N) is 2. The van der Waals surface area contributed by atoms with Gasteiger partial charge in [0.25, 0.3) is 5.56 Å². The Balaban J connectivity index is 1.68. The number of carbonyl (C=O) groups is 1. The van der Waals surface area contributed by atoms with Crippen molar-refractivity contribution in [3.63, 3.8) is 0 Å². The Bertz CT molecular complexity index is 1950. The quantitative estimate of drug-likeness (QED) is 0.135. The normalized spacial score (nSPS) is 14.8. The third-order valence-electron chi connectivity index (χ3n) is 6.75. The lowest BCUT2D eigenvalue weighted by atomic mass is 9.95. The summed E-state index contributed by atoms with van der Waals surface area (Å²) in [5, 5.41) is 1.09. The molecule has 2 heterocycles. The van der Waals surface area contributed by atoms with Crippen molar-refractivity contribution in [3.05, 3.63) is 122 Å². The number of hydrogen-bond acceptors (Lipinski definition) is 7. The third-order valence-corrected chi connectivity index (χ3v) is 9.12. The predicted molar refractivity (Wildman–Crippen MR) is 183 cm³/mol. The van der Waals surface area contributed by atoms with Crippen LogP contribution in [-0.4, -0.2) is 23.2 Å². The molecule has 0 aliphatic carbocycles. The highest BCUT2D eigenvalue weighted by Gasteiger charge is 2.35. The summed E-state index contributed by atoms with van der Waals surface area (Å²) in [6, 6.07) is 17.6. The van der Waals surface area contributed by atoms with E-state index in [-0.39, 0.29) is 30.5 Å². The fraction of sp³-hybridized carbons (Fsp3) is 0.242. The molecule has 0 radical (unpaired) electrons. The zero-order chi connectivity index (χ0) is 31.5. The summed E-state index contributed by atoms with van der Waals surface area (Å²) in [7, 11) is 0. The second-order valence-corrected chi connectivity index (χ2v) is 13.2. The third kappa shape index (κ3) is 6.75. The molecule has 0 unspecified atom stereocenters. The van der Waals surface area contributed by atoms with E-state index in [1.54, 1.807) is 32.1 Å². The molecule has 1 atom stereocenters. The average molecular weight is 763 g/mol. The fourth-order valence-corrected chi connectivity index (χ4v) is 7.34. The number of para-hydroxylation sites is 1. The molecular weight excluding hydrogens is 734 g/mol. The van der Waals surface area contributed by atoms with Gasteiger partial charge >= 0.3 is 5.97 Å². The number of esters is 1. The second-order valence-electron chi connectivity index (χ2n) is 10.2. The van der Waals surface area contributed by atoms with Gasteiger partial charge in [0.2, 0.25) is 0 Å². The van der Waals surface area contributed by atoms with Gasteiger partial charge in [0, 0.05) is 26.7 Å². The van der Waals surface area contributed by atoms with Gasteiger partial charge in [0.1, 0.15) is 24.1 Å². The van der Waals surface area contributed by atoms with Crippen molar-refractivity contribution in [1.29, 1.82) is 0 Å². The zero-order valence-electron chi connectivity index (χ0n) is 24.4. The zero-order valence-corrected chi connectivity index (χ0v) is 28.9. The van der Waals surface area contributed by atoms with E-state index in [4.69, 9.17) is 37.4 Å². The Hall–Kier alpha value is -3.12. The minimum absolute atomic E-state index is 0.127. The van der Waals surface area contributed by atoms with Crippen LogP contribution < -0.4 is 24.4 Å². The van der Waals surface area contributed by atoms with Gasteiger partial charge in [0.05, 0.1) is 32.1 Å². The van der Waals surface area contributed by atoms with E-state index in [0.717, 1.165) is 9.13 Å². The van der Waals surface area contributed by atoms with Crippen molar-refractivity contribution in [3.8, 4) is 11.5 Å². The van der Waals surface area contributed by atoms with Crippen molar-refractivity contribution in [1.82, 2.24) is 4.57 Å². The summed E-state index contributed by atoms with van der Waals surface area (Å²) in [5.41, 5.74) is 2.55. The monoisotopic (exact) mass is 762 g/mol. The van der Waals surface area contributed by atoms with E-state index in [0.29, 0.717) is 47.7 Å². The van der Waals surface area contributed by atoms with Gasteiger partial charge in [-0.2, -0.15) is 0 Å². The lowest BCUT2D eigenvalue weighted by Crippen LogP contribution is -2.40. The summed E-state index contributed by atoms with van der Waals surface area (Å²) >= 11 is 16.2. The van der Waals surface area contributed by atoms with Gasteiger partial charge in [-0.15, -0.1) is 0 Å². The molecule has 0 bridgehead atoms. The maximum atomic E-state index is 14.2. The van der Waals surface area contributed by atoms with Crippen LogP contribution in [0, 0.1) is 3.57 Å². The Labute approximate surface area is 282 Å². The second kappa shape index (κ2) is 13.9. The molecule has 11 heteroatoms. The number of rotatable bonds is 9. The Morgan fingerprint density at radius 2 is 1.86 bits per heavy atom. The summed E-state index contributed by atoms with van der Waals surface area (Å²) in [6.45, 7) is 7.75. The first kappa shape index (κ1) is 32.3. The number of allylic oxidation sites excluding steroid dienone is 1. The maximum absolute atomic E-state index is 14.2. The van der Waals surface area contributed by atoms with Crippen LogP contribution in [0.15, 0.2) is 81.7 Å². The molecule has 228 valence electrons. The first-order valence-corrected chi connectivity index (χ1v) is 16.5. The summed E-state index contributed by atoms with van der Waals surface area (Å²) in [5.74, 6) is 0.599. The average Bonchev–Trinajstić information content (AvgIpc) is 3.26. The number of fused-ring (bicyclic) bond motifs is 1. The molecule has 1 aromatic heterocycles. The molecule has 1 aliphatic rings. The van der Waals surface area contributed by atoms with Crippen molar-refractivity contribution < 1.29 is 19.0 Å². The fourth-order valence-electron chi connectivity index (χ4n) is 4.90. The SMILES string of the molecule is CCOC(=O)C1=C(C)N=c2s/c(=C\c3cc(Cl)cc(I)c3OCc3ccccc3Cl)c(=O)n2[C@H]1c1ccccc1OC(C)C. The number of aromatic nitrogens is 1. The van der Waals surface area contributed by atoms with Gasteiger partial charge in [-0.3, -0.25) is 9.36 Å². The Morgan fingerprint density at radius 3 is 2.59 bits per heavy atom. The summed E-state index contributed by atoms with van der Waals surface area (Å²) in [4.78, 5) is 32.7. The smallest absolute Gasteiger partial charge is 0.338 e. The molecule has 0 fully saturated rings. The lowest BCUT2D eigenvalue weighted by Gasteiger charge is -2.26. The molecule has 0 saturated carbocycles. The van der Waals surface area contributed by atoms with Gasteiger partial charge in [-0.1, -0.05) is 70.9 Å². The van der Waals surface area contributed by atoms with Crippen LogP contribution in [0.5, 0.6) is 11.5 Å². The van der Waals surface area contributed by atoms with Crippen LogP contribution in [0.25, 0.3) is 6.08 Å². The summed E-state index contributed by atoms with van der Waals surface area (Å²) < 4.78 is 20.5. The highest BCUT2D eigenvalue weighted by Crippen LogP contribution is 2.36. The minimum atomic E-state index is -0.808. The molecule has 0 saturated heterocycles. The number of hydrogen-bond donors (Lipinski definition) is 0. The van der Waals surface area contributed by atoms with Crippen LogP contribution in [0.3, 0.4) is 0 Å². The molecule has 0 spiro atoms. The van der Waals surface area contributed by atoms with E-state index in [2.05, 4.69) is 27.6 Å². The first-order chi connectivity index (χ1) is 21.1. The molecule has 44 heavy (non-hydrogen) atoms. The van der Waals surface area contributed by atoms with E-state index in [1.807, 2.05) is 62.4 Å². The van der Waals surface area contributed by atoms with Crippen LogP contribution in [0.2, 0.25) is 10.0 Å². The van der Waals surface area contributed by atoms with E-state index in [1.165, 1.54) is 15.9 Å². The van der Waals surface area contributed by atoms with E-state index < -0.39 is 12.0 Å². The number of ether oxygens (including phenoxy) is 3. The highest BCUT2D eigenvalue weighted by atomic mass is 127. The molecule has 7 nitrogen and oxygen atoms in total. The molecule has 4 aromatic rings. The number of benzene rings is 3. The van der Waals surface area contributed by atoms with Crippen LogP contribution in [0.1, 0.15) is 50.4 Å². The Morgan fingerprint density at radius 1 is 1.14 bits per heavy atom. The predicted octanol–water partition coefficient (Wildman–Crippen LogP) is 7.08. The number of carbonyl (C=O) groups excluding carboxylic acids is 1. The number of halogens is 3. The lowest BCUT2D eigenvalue weighted by molar-refractivity contribution is -0.139. The van der Waals surface area contributed by atoms with E-state index in [9.17, 15) is 9.59 Å². The molecule has 1 aliphatic heterocycles. The van der Waals surface area contributed by atoms with Gasteiger partial charge in [-0.05, 0) is 80.6 Å². The molecule has 3 aromatic carbocycles. The topological polar surface area (TPSA) is 79.1 Å². The van der Waals surface area contributed by atoms with E-state index >= 15 is 0 Å². The maximum Gasteiger partial charge on any atom is 0.338 e. The van der Waals surface area contributed by atoms with Crippen LogP contribution >= 0.6 is 57.1 Å². The first-order valence-electron chi connectivity index (χ1n) is 13.9. The number of thiazole rings is 1. The molecule has 5 rings (SSSR count). The molecular formula is C33H29Cl2IN2O5S. The van der Waals surface area contributed by atoms with Crippen molar-refractivity contribution in [2.75, 3.05) is 6.61 Å². The van der Waals surface area contributed by atoms with Crippen molar-refractivity contribution in [2.24, 2.45) is 4.99 Å². The van der Waals surface area contributed by atoms with Gasteiger partial charge < -0.3 is 14.2 Å². The van der Waals surface area contributed by atoms with Gasteiger partial charge in [-0.25, -0.2) is 9.79 Å². The van der Waals surface area contributed by atoms with Crippen LogP contribution in [-0.2, 0) is 16.1 Å². The molecule has 0 amide bonds. The minimum Gasteiger partial charge on any atom is -0.491 e. The van der Waals surface area contributed by atoms with Crippen molar-refractivity contribution >= 4 is 69.2 Å². The van der Waals surface area contributed by atoms with Gasteiger partial charge in [0.15, 0.2) is 4.80 Å². The highest BCUT2D eigenvalue weighted by molar-refractivity contribution is 14.1. The Kier molecular flexibility index (Phi) is 10.2. The largest absolute Gasteiger partial charge is 0.491 e. The van der Waals surface area contributed by atoms with Crippen molar-refractivity contribution in [2.45, 2.75) is 46.4 Å². The standard InChI is InChI=1S/C33H29Cl2IN2O5S/c1-5-41-32(40)28-19(4)37-33-38(29(28)23-11-7-9-13-26(23)43-18(2)3)31(39)27(44-33)15-21-14-22(34)16-25(36)30(21)42-17-20-10-6-8-12-24(20)35/h6-16,18,29H,5,17H2,1-4H3/b27-15-/t29-/m0/s1. The van der Waals surface area contributed by atoms with Crippen LogP contribution in [0.4, 0.5) is 0 Å². The summed E-state index contributed by atoms with van der Waals surface area (Å²) in [6.07, 6.45) is 1.62.